The van der Waals surface area contributed by atoms with E-state index in [1.54, 1.807) is 24.3 Å². The quantitative estimate of drug-likeness (QED) is 0.675. The van der Waals surface area contributed by atoms with E-state index in [9.17, 15) is 9.59 Å². The molecule has 3 N–H and O–H groups in total. The van der Waals surface area contributed by atoms with Crippen LogP contribution in [-0.2, 0) is 11.2 Å². The molecule has 0 radical (unpaired) electrons. The number of hydrogen-bond acceptors (Lipinski definition) is 2. The lowest BCUT2D eigenvalue weighted by Gasteiger charge is -2.15. The Morgan fingerprint density at radius 1 is 1.33 bits per heavy atom. The summed E-state index contributed by atoms with van der Waals surface area (Å²) in [6.07, 6.45) is 7.07. The van der Waals surface area contributed by atoms with E-state index in [4.69, 9.17) is 11.5 Å². The number of carbonyl (C=O) groups is 2. The molecule has 21 heavy (non-hydrogen) atoms. The van der Waals surface area contributed by atoms with Gasteiger partial charge in [-0.25, -0.2) is 4.79 Å². The summed E-state index contributed by atoms with van der Waals surface area (Å²) in [6, 6.07) is 6.77. The van der Waals surface area contributed by atoms with Crippen molar-refractivity contribution in [2.24, 2.45) is 0 Å². The van der Waals surface area contributed by atoms with Crippen molar-refractivity contribution in [2.75, 3.05) is 5.32 Å². The largest absolute Gasteiger partial charge is 0.481 e. The van der Waals surface area contributed by atoms with E-state index in [-0.39, 0.29) is 18.5 Å². The first-order valence-corrected chi connectivity index (χ1v) is 6.86. The molecule has 0 bridgehead atoms. The average molecular weight is 288 g/mol. The fourth-order valence-corrected chi connectivity index (χ4v) is 1.80. The van der Waals surface area contributed by atoms with Crippen LogP contribution in [-0.4, -0.2) is 23.1 Å². The number of hydrogen-bond donors (Lipinski definition) is 3. The minimum absolute atomic E-state index is 0.0372. The second-order valence-corrected chi connectivity index (χ2v) is 4.70. The molecular weight excluding hydrogens is 268 g/mol. The van der Waals surface area contributed by atoms with E-state index >= 15 is 0 Å². The van der Waals surface area contributed by atoms with Crippen LogP contribution in [0, 0.1) is 12.3 Å². The zero-order valence-corrected chi connectivity index (χ0v) is 12.1. The van der Waals surface area contributed by atoms with Crippen molar-refractivity contribution < 1.29 is 14.7 Å². The zero-order chi connectivity index (χ0) is 15.7. The minimum Gasteiger partial charge on any atom is -0.481 e. The van der Waals surface area contributed by atoms with Gasteiger partial charge >= 0.3 is 12.0 Å². The summed E-state index contributed by atoms with van der Waals surface area (Å²) in [7, 11) is 0. The highest BCUT2D eigenvalue weighted by Crippen LogP contribution is 2.11. The van der Waals surface area contributed by atoms with Crippen molar-refractivity contribution in [2.45, 2.75) is 38.6 Å². The molecule has 5 nitrogen and oxygen atoms in total. The number of terminal acetylenes is 1. The molecular formula is C16H20N2O3. The van der Waals surface area contributed by atoms with E-state index < -0.39 is 5.97 Å². The first kappa shape index (κ1) is 16.6. The molecule has 0 saturated heterocycles. The van der Waals surface area contributed by atoms with Crippen molar-refractivity contribution in [3.05, 3.63) is 29.8 Å². The molecule has 0 aliphatic carbocycles. The van der Waals surface area contributed by atoms with Crippen molar-refractivity contribution in [3.8, 4) is 12.3 Å². The third-order valence-electron chi connectivity index (χ3n) is 3.03. The fraction of sp³-hybridized carbons (Fsp3) is 0.375. The standard InChI is InChI=1S/C16H20N2O3/c1-3-5-13(4-2)17-16(21)18-14-9-6-12(7-10-14)8-11-15(19)20/h1,6-7,9-10,13H,4-5,8,11H2,2H3,(H,19,20)(H2,17,18,21). The van der Waals surface area contributed by atoms with E-state index in [1.807, 2.05) is 6.92 Å². The summed E-state index contributed by atoms with van der Waals surface area (Å²) in [5.41, 5.74) is 1.57. The Labute approximate surface area is 124 Å². The Bertz CT molecular complexity index is 517. The predicted octanol–water partition coefficient (Wildman–Crippen LogP) is 2.63. The van der Waals surface area contributed by atoms with Crippen LogP contribution < -0.4 is 10.6 Å². The maximum absolute atomic E-state index is 11.8. The van der Waals surface area contributed by atoms with Gasteiger partial charge in [0.25, 0.3) is 0 Å². The topological polar surface area (TPSA) is 78.4 Å². The van der Waals surface area contributed by atoms with Gasteiger partial charge in [-0.2, -0.15) is 0 Å². The molecule has 112 valence electrons. The molecule has 0 saturated carbocycles. The molecule has 1 aromatic carbocycles. The fourth-order valence-electron chi connectivity index (χ4n) is 1.80. The Morgan fingerprint density at radius 3 is 2.52 bits per heavy atom. The third kappa shape index (κ3) is 6.48. The van der Waals surface area contributed by atoms with Gasteiger partial charge < -0.3 is 15.7 Å². The molecule has 1 rings (SSSR count). The average Bonchev–Trinajstić information content (AvgIpc) is 2.46. The number of anilines is 1. The first-order valence-electron chi connectivity index (χ1n) is 6.86. The maximum Gasteiger partial charge on any atom is 0.319 e. The summed E-state index contributed by atoms with van der Waals surface area (Å²) in [6.45, 7) is 1.96. The van der Waals surface area contributed by atoms with Gasteiger partial charge in [0.2, 0.25) is 0 Å². The number of carboxylic acids is 1. The van der Waals surface area contributed by atoms with Crippen molar-refractivity contribution in [1.82, 2.24) is 5.32 Å². The third-order valence-corrected chi connectivity index (χ3v) is 3.03. The molecule has 0 aliphatic heterocycles. The molecule has 0 aromatic heterocycles. The lowest BCUT2D eigenvalue weighted by molar-refractivity contribution is -0.136. The van der Waals surface area contributed by atoms with E-state index in [2.05, 4.69) is 16.6 Å². The normalized spacial score (nSPS) is 11.2. The summed E-state index contributed by atoms with van der Waals surface area (Å²) in [5, 5.41) is 14.1. The van der Waals surface area contributed by atoms with Crippen molar-refractivity contribution in [1.29, 1.82) is 0 Å². The molecule has 1 unspecified atom stereocenters. The van der Waals surface area contributed by atoms with Gasteiger partial charge in [-0.3, -0.25) is 4.79 Å². The first-order chi connectivity index (χ1) is 10.0. The molecule has 0 fully saturated rings. The summed E-state index contributed by atoms with van der Waals surface area (Å²) in [4.78, 5) is 22.3. The molecule has 2 amide bonds. The number of urea groups is 1. The van der Waals surface area contributed by atoms with Gasteiger partial charge in [0.15, 0.2) is 0 Å². The second kappa shape index (κ2) is 8.64. The smallest absolute Gasteiger partial charge is 0.319 e. The SMILES string of the molecule is C#CCC(CC)NC(=O)Nc1ccc(CCC(=O)O)cc1. The van der Waals surface area contributed by atoms with Gasteiger partial charge in [0, 0.05) is 24.6 Å². The summed E-state index contributed by atoms with van der Waals surface area (Å²) < 4.78 is 0. The number of aryl methyl sites for hydroxylation is 1. The number of benzene rings is 1. The number of nitrogens with one attached hydrogen (secondary N) is 2. The molecule has 0 spiro atoms. The number of rotatable bonds is 7. The van der Waals surface area contributed by atoms with Gasteiger partial charge in [0.05, 0.1) is 0 Å². The van der Waals surface area contributed by atoms with Crippen molar-refractivity contribution >= 4 is 17.7 Å². The molecule has 0 heterocycles. The van der Waals surface area contributed by atoms with E-state index in [0.717, 1.165) is 12.0 Å². The van der Waals surface area contributed by atoms with Crippen LogP contribution in [0.25, 0.3) is 0 Å². The maximum atomic E-state index is 11.8. The zero-order valence-electron chi connectivity index (χ0n) is 12.1. The summed E-state index contributed by atoms with van der Waals surface area (Å²) >= 11 is 0. The van der Waals surface area contributed by atoms with Crippen LogP contribution in [0.2, 0.25) is 0 Å². The predicted molar refractivity (Wildman–Crippen MR) is 82.1 cm³/mol. The molecule has 1 atom stereocenters. The molecule has 0 aliphatic rings. The Balaban J connectivity index is 2.49. The number of aliphatic carboxylic acids is 1. The van der Waals surface area contributed by atoms with Gasteiger partial charge in [-0.05, 0) is 30.5 Å². The van der Waals surface area contributed by atoms with Crippen LogP contribution in [0.4, 0.5) is 10.5 Å². The molecule has 1 aromatic rings. The highest BCUT2D eigenvalue weighted by molar-refractivity contribution is 5.89. The van der Waals surface area contributed by atoms with E-state index in [1.165, 1.54) is 0 Å². The van der Waals surface area contributed by atoms with Gasteiger partial charge in [0.1, 0.15) is 0 Å². The van der Waals surface area contributed by atoms with Crippen LogP contribution in [0.15, 0.2) is 24.3 Å². The number of carboxylic acid groups (broad SMARTS) is 1. The van der Waals surface area contributed by atoms with Gasteiger partial charge in [-0.15, -0.1) is 12.3 Å². The van der Waals surface area contributed by atoms with Crippen LogP contribution in [0.5, 0.6) is 0 Å². The highest BCUT2D eigenvalue weighted by atomic mass is 16.4. The Hall–Kier alpha value is -2.48. The monoisotopic (exact) mass is 288 g/mol. The van der Waals surface area contributed by atoms with Crippen LogP contribution >= 0.6 is 0 Å². The lowest BCUT2D eigenvalue weighted by atomic mass is 10.1. The Morgan fingerprint density at radius 2 is 2.00 bits per heavy atom. The number of amides is 2. The van der Waals surface area contributed by atoms with Crippen molar-refractivity contribution in [3.63, 3.8) is 0 Å². The number of carbonyl (C=O) groups excluding carboxylic acids is 1. The van der Waals surface area contributed by atoms with E-state index in [0.29, 0.717) is 18.5 Å². The second-order valence-electron chi connectivity index (χ2n) is 4.70. The van der Waals surface area contributed by atoms with Crippen LogP contribution in [0.3, 0.4) is 0 Å². The minimum atomic E-state index is -0.823. The highest BCUT2D eigenvalue weighted by Gasteiger charge is 2.09. The lowest BCUT2D eigenvalue weighted by Crippen LogP contribution is -2.37. The Kier molecular flexibility index (Phi) is 6.82. The summed E-state index contributed by atoms with van der Waals surface area (Å²) in [5.74, 6) is 1.70. The van der Waals surface area contributed by atoms with Gasteiger partial charge in [-0.1, -0.05) is 19.1 Å². The van der Waals surface area contributed by atoms with Crippen LogP contribution in [0.1, 0.15) is 31.7 Å². The molecule has 5 heteroatoms.